The van der Waals surface area contributed by atoms with Crippen LogP contribution in [0.2, 0.25) is 0 Å². The molecule has 2 N–H and O–H groups in total. The maximum absolute atomic E-state index is 13.8. The lowest BCUT2D eigenvalue weighted by Gasteiger charge is -2.19. The van der Waals surface area contributed by atoms with Crippen molar-refractivity contribution in [2.75, 3.05) is 5.32 Å². The van der Waals surface area contributed by atoms with Gasteiger partial charge < -0.3 is 5.11 Å². The van der Waals surface area contributed by atoms with Gasteiger partial charge in [0.2, 0.25) is 0 Å². The Balaban J connectivity index is 2.32. The van der Waals surface area contributed by atoms with Crippen LogP contribution in [0.1, 0.15) is 31.2 Å². The summed E-state index contributed by atoms with van der Waals surface area (Å²) in [5.41, 5.74) is -1.95. The highest BCUT2D eigenvalue weighted by atomic mass is 19.4. The monoisotopic (exact) mass is 405 g/mol. The van der Waals surface area contributed by atoms with Crippen LogP contribution in [0.15, 0.2) is 47.3 Å². The lowest BCUT2D eigenvalue weighted by Crippen LogP contribution is -2.26. The molecule has 1 heterocycles. The fourth-order valence-corrected chi connectivity index (χ4v) is 3.09. The molecule has 0 atom stereocenters. The minimum Gasteiger partial charge on any atom is -0.465 e. The number of benzene rings is 2. The highest BCUT2D eigenvalue weighted by molar-refractivity contribution is 5.83. The lowest BCUT2D eigenvalue weighted by atomic mass is 10.1. The molecule has 0 aliphatic carbocycles. The Morgan fingerprint density at radius 1 is 1.21 bits per heavy atom. The number of para-hydroxylation sites is 1. The van der Waals surface area contributed by atoms with E-state index in [2.05, 4.69) is 4.98 Å². The Kier molecular flexibility index (Phi) is 5.58. The van der Waals surface area contributed by atoms with Gasteiger partial charge in [0.15, 0.2) is 0 Å². The van der Waals surface area contributed by atoms with Crippen LogP contribution in [0, 0.1) is 0 Å². The second-order valence-corrected chi connectivity index (χ2v) is 6.45. The molecule has 2 aromatic carbocycles. The summed E-state index contributed by atoms with van der Waals surface area (Å²) >= 11 is 0. The van der Waals surface area contributed by atoms with E-state index in [4.69, 9.17) is 5.11 Å². The van der Waals surface area contributed by atoms with Crippen molar-refractivity contribution in [3.63, 3.8) is 0 Å². The molecule has 6 nitrogen and oxygen atoms in total. The van der Waals surface area contributed by atoms with Gasteiger partial charge in [0.1, 0.15) is 5.82 Å². The summed E-state index contributed by atoms with van der Waals surface area (Å²) in [6.45, 7) is 1.93. The summed E-state index contributed by atoms with van der Waals surface area (Å²) in [6.07, 6.45) is -4.55. The molecule has 3 aromatic rings. The predicted molar refractivity (Wildman–Crippen MR) is 103 cm³/mol. The molecule has 3 rings (SSSR count). The molecule has 0 saturated heterocycles. The van der Waals surface area contributed by atoms with Crippen molar-refractivity contribution >= 4 is 22.7 Å². The fourth-order valence-electron chi connectivity index (χ4n) is 3.09. The Hall–Kier alpha value is -3.36. The molecule has 0 saturated carbocycles. The first-order valence-corrected chi connectivity index (χ1v) is 8.94. The number of aromatic nitrogens is 2. The number of amides is 1. The largest absolute Gasteiger partial charge is 0.465 e. The van der Waals surface area contributed by atoms with Crippen LogP contribution in [0.5, 0.6) is 0 Å². The van der Waals surface area contributed by atoms with Crippen LogP contribution in [0.4, 0.5) is 23.7 Å². The van der Waals surface area contributed by atoms with E-state index in [-0.39, 0.29) is 22.6 Å². The van der Waals surface area contributed by atoms with Crippen molar-refractivity contribution in [3.05, 3.63) is 64.2 Å². The number of unbranched alkanes of at least 4 members (excludes halogenated alkanes) is 1. The summed E-state index contributed by atoms with van der Waals surface area (Å²) < 4.78 is 42.3. The Labute approximate surface area is 163 Å². The van der Waals surface area contributed by atoms with Gasteiger partial charge in [-0.3, -0.25) is 14.7 Å². The third-order valence-corrected chi connectivity index (χ3v) is 4.39. The van der Waals surface area contributed by atoms with Crippen LogP contribution in [-0.2, 0) is 12.6 Å². The van der Waals surface area contributed by atoms with Gasteiger partial charge in [-0.1, -0.05) is 25.5 Å². The normalized spacial score (nSPS) is 11.6. The van der Waals surface area contributed by atoms with Gasteiger partial charge in [-0.2, -0.15) is 13.2 Å². The van der Waals surface area contributed by atoms with E-state index in [1.165, 1.54) is 12.1 Å². The SMILES string of the molecule is CCCCc1nc2ccccc2c(=O)n1-c1ccc(NC(=O)O)cc1C(F)(F)F. The summed E-state index contributed by atoms with van der Waals surface area (Å²) in [5, 5.41) is 10.9. The molecule has 0 unspecified atom stereocenters. The summed E-state index contributed by atoms with van der Waals surface area (Å²) in [5.74, 6) is 0.222. The number of carboxylic acid groups (broad SMARTS) is 1. The van der Waals surface area contributed by atoms with Crippen molar-refractivity contribution in [2.24, 2.45) is 0 Å². The predicted octanol–water partition coefficient (Wildman–Crippen LogP) is 4.84. The lowest BCUT2D eigenvalue weighted by molar-refractivity contribution is -0.137. The molecule has 0 aliphatic heterocycles. The zero-order valence-electron chi connectivity index (χ0n) is 15.5. The molecular formula is C20H18F3N3O3. The van der Waals surface area contributed by atoms with Crippen LogP contribution < -0.4 is 10.9 Å². The number of fused-ring (bicyclic) bond motifs is 1. The third-order valence-electron chi connectivity index (χ3n) is 4.39. The van der Waals surface area contributed by atoms with Gasteiger partial charge in [-0.15, -0.1) is 0 Å². The van der Waals surface area contributed by atoms with Crippen LogP contribution in [0.25, 0.3) is 16.6 Å². The zero-order chi connectivity index (χ0) is 21.2. The average molecular weight is 405 g/mol. The highest BCUT2D eigenvalue weighted by Crippen LogP contribution is 2.36. The number of halogens is 3. The fraction of sp³-hybridized carbons (Fsp3) is 0.250. The van der Waals surface area contributed by atoms with E-state index in [0.29, 0.717) is 24.4 Å². The molecule has 9 heteroatoms. The van der Waals surface area contributed by atoms with E-state index in [1.54, 1.807) is 18.2 Å². The van der Waals surface area contributed by atoms with E-state index >= 15 is 0 Å². The molecule has 29 heavy (non-hydrogen) atoms. The van der Waals surface area contributed by atoms with Crippen LogP contribution in [0.3, 0.4) is 0 Å². The van der Waals surface area contributed by atoms with Crippen molar-refractivity contribution in [2.45, 2.75) is 32.4 Å². The quantitative estimate of drug-likeness (QED) is 0.636. The third kappa shape index (κ3) is 4.23. The first-order chi connectivity index (χ1) is 13.7. The van der Waals surface area contributed by atoms with E-state index < -0.39 is 23.4 Å². The number of aryl methyl sites for hydroxylation is 1. The van der Waals surface area contributed by atoms with Gasteiger partial charge in [-0.05, 0) is 36.8 Å². The minimum atomic E-state index is -4.81. The first-order valence-electron chi connectivity index (χ1n) is 8.94. The van der Waals surface area contributed by atoms with Crippen molar-refractivity contribution in [3.8, 4) is 5.69 Å². The van der Waals surface area contributed by atoms with Crippen molar-refractivity contribution < 1.29 is 23.1 Å². The number of carbonyl (C=O) groups is 1. The maximum atomic E-state index is 13.8. The Bertz CT molecular complexity index is 1120. The minimum absolute atomic E-state index is 0.202. The second kappa shape index (κ2) is 7.94. The number of nitrogens with one attached hydrogen (secondary N) is 1. The first kappa shape index (κ1) is 20.4. The van der Waals surface area contributed by atoms with Gasteiger partial charge in [0.25, 0.3) is 5.56 Å². The maximum Gasteiger partial charge on any atom is 0.418 e. The van der Waals surface area contributed by atoms with Gasteiger partial charge in [-0.25, -0.2) is 9.78 Å². The molecule has 0 aliphatic rings. The van der Waals surface area contributed by atoms with E-state index in [9.17, 15) is 22.8 Å². The summed E-state index contributed by atoms with van der Waals surface area (Å²) in [6, 6.07) is 9.42. The highest BCUT2D eigenvalue weighted by Gasteiger charge is 2.35. The summed E-state index contributed by atoms with van der Waals surface area (Å²) in [4.78, 5) is 28.3. The molecule has 152 valence electrons. The van der Waals surface area contributed by atoms with E-state index in [0.717, 1.165) is 17.1 Å². The van der Waals surface area contributed by atoms with Gasteiger partial charge >= 0.3 is 12.3 Å². The second-order valence-electron chi connectivity index (χ2n) is 6.45. The summed E-state index contributed by atoms with van der Waals surface area (Å²) in [7, 11) is 0. The molecule has 0 fully saturated rings. The number of rotatable bonds is 5. The molecule has 1 amide bonds. The van der Waals surface area contributed by atoms with Crippen LogP contribution >= 0.6 is 0 Å². The Morgan fingerprint density at radius 3 is 2.59 bits per heavy atom. The van der Waals surface area contributed by atoms with Crippen LogP contribution in [-0.4, -0.2) is 20.8 Å². The molecular weight excluding hydrogens is 387 g/mol. The zero-order valence-corrected chi connectivity index (χ0v) is 15.5. The number of nitrogens with zero attached hydrogens (tertiary/aromatic N) is 2. The topological polar surface area (TPSA) is 84.2 Å². The van der Waals surface area contributed by atoms with Gasteiger partial charge in [0, 0.05) is 12.1 Å². The average Bonchev–Trinajstić information content (AvgIpc) is 2.66. The van der Waals surface area contributed by atoms with E-state index in [1.807, 2.05) is 12.2 Å². The molecule has 0 spiro atoms. The molecule has 1 aromatic heterocycles. The number of alkyl halides is 3. The van der Waals surface area contributed by atoms with Crippen molar-refractivity contribution in [1.29, 1.82) is 0 Å². The molecule has 0 radical (unpaired) electrons. The number of hydrogen-bond acceptors (Lipinski definition) is 3. The van der Waals surface area contributed by atoms with Crippen molar-refractivity contribution in [1.82, 2.24) is 9.55 Å². The molecule has 0 bridgehead atoms. The Morgan fingerprint density at radius 2 is 1.93 bits per heavy atom. The smallest absolute Gasteiger partial charge is 0.418 e. The number of anilines is 1. The standard InChI is InChI=1S/C20H18F3N3O3/c1-2-3-8-17-25-15-7-5-4-6-13(15)18(27)26(17)16-10-9-12(24-19(28)29)11-14(16)20(21,22)23/h4-7,9-11,24H,2-3,8H2,1H3,(H,28,29). The van der Waals surface area contributed by atoms with Gasteiger partial charge in [0.05, 0.1) is 22.2 Å². The number of hydrogen-bond donors (Lipinski definition) is 2.